The number of nitrogens with one attached hydrogen (secondary N) is 1. The van der Waals surface area contributed by atoms with Crippen LogP contribution in [0, 0.1) is 6.92 Å². The number of hydrogen-bond acceptors (Lipinski definition) is 8. The average Bonchev–Trinajstić information content (AvgIpc) is 3.15. The van der Waals surface area contributed by atoms with Crippen molar-refractivity contribution in [2.45, 2.75) is 32.1 Å². The molecule has 1 fully saturated rings. The fourth-order valence-corrected chi connectivity index (χ4v) is 5.08. The Morgan fingerprint density at radius 2 is 2.04 bits per heavy atom. The maximum absolute atomic E-state index is 5.56. The number of fused-ring (bicyclic) bond motifs is 2. The first-order chi connectivity index (χ1) is 12.7. The lowest BCUT2D eigenvalue weighted by Crippen LogP contribution is -2.07. The van der Waals surface area contributed by atoms with Crippen molar-refractivity contribution in [3.63, 3.8) is 0 Å². The number of rotatable bonds is 4. The quantitative estimate of drug-likeness (QED) is 0.533. The van der Waals surface area contributed by atoms with E-state index in [1.807, 2.05) is 13.0 Å². The Balaban J connectivity index is 1.58. The first-order valence-electron chi connectivity index (χ1n) is 8.55. The molecule has 3 heterocycles. The summed E-state index contributed by atoms with van der Waals surface area (Å²) >= 11 is 3.35. The molecule has 6 nitrogen and oxygen atoms in total. The Labute approximate surface area is 158 Å². The Kier molecular flexibility index (Phi) is 3.75. The Bertz CT molecular complexity index is 1120. The summed E-state index contributed by atoms with van der Waals surface area (Å²) < 4.78 is 6.67. The lowest BCUT2D eigenvalue weighted by molar-refractivity contribution is 0.417. The number of ether oxygens (including phenoxy) is 1. The zero-order valence-electron chi connectivity index (χ0n) is 14.4. The number of thiazole rings is 2. The molecule has 0 saturated heterocycles. The molecule has 26 heavy (non-hydrogen) atoms. The number of methoxy groups -OCH3 is 1. The molecule has 0 bridgehead atoms. The third-order valence-electron chi connectivity index (χ3n) is 4.74. The molecule has 1 saturated carbocycles. The molecule has 0 amide bonds. The molecule has 1 N–H and O–H groups in total. The normalized spacial score (nSPS) is 14.7. The van der Waals surface area contributed by atoms with Crippen LogP contribution >= 0.6 is 22.7 Å². The van der Waals surface area contributed by atoms with E-state index in [-0.39, 0.29) is 0 Å². The topological polar surface area (TPSA) is 72.8 Å². The largest absolute Gasteiger partial charge is 0.494 e. The summed E-state index contributed by atoms with van der Waals surface area (Å²) in [5, 5.41) is 5.61. The van der Waals surface area contributed by atoms with E-state index in [2.05, 4.69) is 26.3 Å². The van der Waals surface area contributed by atoms with Gasteiger partial charge in [-0.15, -0.1) is 11.3 Å². The van der Waals surface area contributed by atoms with Crippen LogP contribution in [0.2, 0.25) is 0 Å². The van der Waals surface area contributed by atoms with Crippen LogP contribution in [0.3, 0.4) is 0 Å². The molecular formula is C18H17N5OS2. The summed E-state index contributed by atoms with van der Waals surface area (Å²) in [4.78, 5) is 19.1. The van der Waals surface area contributed by atoms with E-state index in [0.29, 0.717) is 5.92 Å². The molecular weight excluding hydrogens is 366 g/mol. The van der Waals surface area contributed by atoms with Gasteiger partial charge in [-0.2, -0.15) is 0 Å². The molecule has 1 aliphatic rings. The molecule has 0 unspecified atom stereocenters. The molecule has 0 spiro atoms. The van der Waals surface area contributed by atoms with Gasteiger partial charge in [-0.05, 0) is 25.8 Å². The van der Waals surface area contributed by atoms with Crippen molar-refractivity contribution in [3.8, 4) is 5.75 Å². The minimum Gasteiger partial charge on any atom is -0.494 e. The van der Waals surface area contributed by atoms with E-state index in [1.165, 1.54) is 24.3 Å². The van der Waals surface area contributed by atoms with Crippen molar-refractivity contribution < 1.29 is 4.74 Å². The molecule has 0 radical (unpaired) electrons. The van der Waals surface area contributed by atoms with Crippen LogP contribution < -0.4 is 10.1 Å². The second-order valence-electron chi connectivity index (χ2n) is 6.43. The van der Waals surface area contributed by atoms with Gasteiger partial charge in [0, 0.05) is 12.0 Å². The first kappa shape index (κ1) is 15.9. The number of benzene rings is 1. The van der Waals surface area contributed by atoms with Gasteiger partial charge >= 0.3 is 0 Å². The molecule has 0 atom stereocenters. The van der Waals surface area contributed by atoms with Gasteiger partial charge in [0.15, 0.2) is 5.82 Å². The predicted molar refractivity (Wildman–Crippen MR) is 106 cm³/mol. The van der Waals surface area contributed by atoms with E-state index < -0.39 is 0 Å². The Morgan fingerprint density at radius 1 is 1.15 bits per heavy atom. The fraction of sp³-hybridized carbons (Fsp3) is 0.333. The van der Waals surface area contributed by atoms with E-state index in [4.69, 9.17) is 9.72 Å². The average molecular weight is 384 g/mol. The fourth-order valence-electron chi connectivity index (χ4n) is 3.16. The highest BCUT2D eigenvalue weighted by atomic mass is 32.1. The van der Waals surface area contributed by atoms with Crippen LogP contribution in [0.4, 0.5) is 11.5 Å². The van der Waals surface area contributed by atoms with Gasteiger partial charge in [0.05, 0.1) is 33.0 Å². The van der Waals surface area contributed by atoms with Gasteiger partial charge < -0.3 is 10.1 Å². The maximum Gasteiger partial charge on any atom is 0.161 e. The van der Waals surface area contributed by atoms with Gasteiger partial charge in [-0.25, -0.2) is 19.9 Å². The van der Waals surface area contributed by atoms with Crippen LogP contribution in [0.15, 0.2) is 18.5 Å². The summed E-state index contributed by atoms with van der Waals surface area (Å²) in [6.07, 6.45) is 5.34. The molecule has 4 aromatic rings. The first-order valence-corrected chi connectivity index (χ1v) is 10.2. The third-order valence-corrected chi connectivity index (χ3v) is 6.80. The minimum absolute atomic E-state index is 0.591. The van der Waals surface area contributed by atoms with Gasteiger partial charge in [0.1, 0.15) is 22.4 Å². The van der Waals surface area contributed by atoms with Crippen LogP contribution in [0.5, 0.6) is 5.75 Å². The molecule has 5 rings (SSSR count). The number of nitrogens with zero attached hydrogens (tertiary/aromatic N) is 4. The van der Waals surface area contributed by atoms with E-state index in [0.717, 1.165) is 42.8 Å². The molecule has 132 valence electrons. The lowest BCUT2D eigenvalue weighted by atomic mass is 9.86. The number of hydrogen-bond donors (Lipinski definition) is 1. The van der Waals surface area contributed by atoms with Crippen molar-refractivity contribution in [3.05, 3.63) is 28.5 Å². The van der Waals surface area contributed by atoms with E-state index in [1.54, 1.807) is 36.1 Å². The smallest absolute Gasteiger partial charge is 0.161 e. The maximum atomic E-state index is 5.56. The van der Waals surface area contributed by atoms with Gasteiger partial charge in [-0.3, -0.25) is 0 Å². The standard InChI is InChI=1S/C18H17N5OS2/c1-9-21-12-6-13(24-2)11(7-14(12)25-9)22-16-15-18(20-8-19-16)26-17(23-15)10-4-3-5-10/h6-8,10H,3-5H2,1-2H3,(H,19,20,22). The number of aryl methyl sites for hydroxylation is 1. The second kappa shape index (κ2) is 6.14. The summed E-state index contributed by atoms with van der Waals surface area (Å²) in [5.41, 5.74) is 2.65. The van der Waals surface area contributed by atoms with Crippen molar-refractivity contribution in [1.82, 2.24) is 19.9 Å². The van der Waals surface area contributed by atoms with Crippen LogP contribution in [0.25, 0.3) is 20.6 Å². The molecule has 1 aliphatic carbocycles. The number of aromatic nitrogens is 4. The zero-order chi connectivity index (χ0) is 17.7. The molecule has 3 aromatic heterocycles. The molecule has 0 aliphatic heterocycles. The molecule has 1 aromatic carbocycles. The summed E-state index contributed by atoms with van der Waals surface area (Å²) in [7, 11) is 1.67. The van der Waals surface area contributed by atoms with E-state index >= 15 is 0 Å². The third kappa shape index (κ3) is 2.60. The monoisotopic (exact) mass is 383 g/mol. The SMILES string of the molecule is COc1cc2nc(C)sc2cc1Nc1ncnc2sc(C3CCC3)nc12. The van der Waals surface area contributed by atoms with E-state index in [9.17, 15) is 0 Å². The Hall–Kier alpha value is -2.32. The highest BCUT2D eigenvalue weighted by Crippen LogP contribution is 2.41. The van der Waals surface area contributed by atoms with Gasteiger partial charge in [0.25, 0.3) is 0 Å². The molecule has 8 heteroatoms. The van der Waals surface area contributed by atoms with Crippen LogP contribution in [0.1, 0.15) is 35.2 Å². The summed E-state index contributed by atoms with van der Waals surface area (Å²) in [6.45, 7) is 2.01. The number of anilines is 2. The van der Waals surface area contributed by atoms with Crippen LogP contribution in [-0.4, -0.2) is 27.0 Å². The zero-order valence-corrected chi connectivity index (χ0v) is 16.1. The minimum atomic E-state index is 0.591. The highest BCUT2D eigenvalue weighted by Gasteiger charge is 2.24. The predicted octanol–water partition coefficient (Wildman–Crippen LogP) is 5.02. The Morgan fingerprint density at radius 3 is 2.81 bits per heavy atom. The van der Waals surface area contributed by atoms with Crippen molar-refractivity contribution in [2.75, 3.05) is 12.4 Å². The van der Waals surface area contributed by atoms with Crippen molar-refractivity contribution in [2.24, 2.45) is 0 Å². The highest BCUT2D eigenvalue weighted by molar-refractivity contribution is 7.18. The van der Waals surface area contributed by atoms with Crippen LogP contribution in [-0.2, 0) is 0 Å². The van der Waals surface area contributed by atoms with Gasteiger partial charge in [0.2, 0.25) is 0 Å². The lowest BCUT2D eigenvalue weighted by Gasteiger charge is -2.22. The summed E-state index contributed by atoms with van der Waals surface area (Å²) in [6, 6.07) is 4.02. The summed E-state index contributed by atoms with van der Waals surface area (Å²) in [5.74, 6) is 2.05. The second-order valence-corrected chi connectivity index (χ2v) is 8.68. The van der Waals surface area contributed by atoms with Crippen molar-refractivity contribution >= 4 is 54.7 Å². The van der Waals surface area contributed by atoms with Gasteiger partial charge in [-0.1, -0.05) is 17.8 Å². The van der Waals surface area contributed by atoms with Crippen molar-refractivity contribution in [1.29, 1.82) is 0 Å².